The van der Waals surface area contributed by atoms with Crippen molar-refractivity contribution in [3.8, 4) is 11.3 Å². The highest BCUT2D eigenvalue weighted by molar-refractivity contribution is 7.92. The molecule has 1 aliphatic rings. The lowest BCUT2D eigenvalue weighted by Crippen LogP contribution is -2.18. The molecule has 2 aromatic heterocycles. The molecule has 0 spiro atoms. The SMILES string of the molecule is CCc1ccccc1-c1nc(S(=O)(=O)Nc2cccc(C3CCC(C)CC3)n2)ccc1C(F)(F)F. The molecular formula is C26H28F3N3O2S. The second-order valence-electron chi connectivity index (χ2n) is 9.06. The van der Waals surface area contributed by atoms with Gasteiger partial charge in [0.1, 0.15) is 5.82 Å². The summed E-state index contributed by atoms with van der Waals surface area (Å²) < 4.78 is 70.0. The highest BCUT2D eigenvalue weighted by atomic mass is 32.2. The highest BCUT2D eigenvalue weighted by Crippen LogP contribution is 2.38. The van der Waals surface area contributed by atoms with Crippen molar-refractivity contribution in [1.82, 2.24) is 9.97 Å². The summed E-state index contributed by atoms with van der Waals surface area (Å²) in [5.74, 6) is 1.06. The van der Waals surface area contributed by atoms with Crippen molar-refractivity contribution < 1.29 is 21.6 Å². The lowest BCUT2D eigenvalue weighted by atomic mass is 9.81. The number of nitrogens with one attached hydrogen (secondary N) is 1. The van der Waals surface area contributed by atoms with Gasteiger partial charge in [0.15, 0.2) is 5.03 Å². The van der Waals surface area contributed by atoms with Gasteiger partial charge in [0.2, 0.25) is 0 Å². The zero-order valence-electron chi connectivity index (χ0n) is 19.6. The van der Waals surface area contributed by atoms with Crippen LogP contribution in [0, 0.1) is 5.92 Å². The number of hydrogen-bond acceptors (Lipinski definition) is 4. The van der Waals surface area contributed by atoms with Gasteiger partial charge in [-0.1, -0.05) is 57.0 Å². The molecule has 5 nitrogen and oxygen atoms in total. The van der Waals surface area contributed by atoms with Crippen LogP contribution in [0.5, 0.6) is 0 Å². The standard InChI is InChI=1S/C26H28F3N3O2S/c1-3-18-7-4-5-8-20(18)25-21(26(27,28)29)15-16-24(31-25)35(33,34)32-23-10-6-9-22(30-23)19-13-11-17(2)12-14-19/h4-10,15-17,19H,3,11-14H2,1-2H3,(H,30,32). The van der Waals surface area contributed by atoms with E-state index in [1.165, 1.54) is 12.1 Å². The second-order valence-corrected chi connectivity index (χ2v) is 10.7. The molecule has 0 unspecified atom stereocenters. The lowest BCUT2D eigenvalue weighted by Gasteiger charge is -2.25. The summed E-state index contributed by atoms with van der Waals surface area (Å²) in [6, 6.07) is 13.4. The minimum Gasteiger partial charge on any atom is -0.262 e. The Hall–Kier alpha value is -2.94. The van der Waals surface area contributed by atoms with E-state index >= 15 is 0 Å². The number of halogens is 3. The minimum absolute atomic E-state index is 0.123. The van der Waals surface area contributed by atoms with Crippen molar-refractivity contribution in [1.29, 1.82) is 0 Å². The van der Waals surface area contributed by atoms with Gasteiger partial charge in [-0.2, -0.15) is 21.6 Å². The van der Waals surface area contributed by atoms with Crippen molar-refractivity contribution >= 4 is 15.8 Å². The average Bonchev–Trinajstić information content (AvgIpc) is 2.83. The van der Waals surface area contributed by atoms with Crippen LogP contribution in [0.3, 0.4) is 0 Å². The van der Waals surface area contributed by atoms with Crippen LogP contribution in [0.4, 0.5) is 19.0 Å². The van der Waals surface area contributed by atoms with E-state index in [1.807, 2.05) is 13.0 Å². The monoisotopic (exact) mass is 503 g/mol. The molecule has 9 heteroatoms. The van der Waals surface area contributed by atoms with Gasteiger partial charge in [0, 0.05) is 17.2 Å². The summed E-state index contributed by atoms with van der Waals surface area (Å²) in [5, 5.41) is -0.495. The molecule has 0 aliphatic heterocycles. The van der Waals surface area contributed by atoms with Crippen LogP contribution in [-0.4, -0.2) is 18.4 Å². The molecule has 35 heavy (non-hydrogen) atoms. The Morgan fingerprint density at radius 1 is 0.943 bits per heavy atom. The molecule has 0 bridgehead atoms. The summed E-state index contributed by atoms with van der Waals surface area (Å²) >= 11 is 0. The van der Waals surface area contributed by atoms with Crippen LogP contribution in [0.25, 0.3) is 11.3 Å². The molecule has 1 N–H and O–H groups in total. The number of anilines is 1. The zero-order valence-corrected chi connectivity index (χ0v) is 20.5. The number of sulfonamides is 1. The van der Waals surface area contributed by atoms with E-state index in [-0.39, 0.29) is 17.3 Å². The van der Waals surface area contributed by atoms with Gasteiger partial charge in [-0.25, -0.2) is 9.97 Å². The summed E-state index contributed by atoms with van der Waals surface area (Å²) in [6.45, 7) is 4.04. The van der Waals surface area contributed by atoms with E-state index in [4.69, 9.17) is 0 Å². The first-order chi connectivity index (χ1) is 16.6. The Morgan fingerprint density at radius 3 is 2.34 bits per heavy atom. The normalized spacial score (nSPS) is 18.9. The average molecular weight is 504 g/mol. The smallest absolute Gasteiger partial charge is 0.262 e. The second kappa shape index (κ2) is 9.97. The molecule has 3 aromatic rings. The first-order valence-electron chi connectivity index (χ1n) is 11.7. The molecule has 1 aliphatic carbocycles. The first kappa shape index (κ1) is 25.2. The van der Waals surface area contributed by atoms with Gasteiger partial charge in [-0.05, 0) is 55.0 Å². The van der Waals surface area contributed by atoms with Gasteiger partial charge in [-0.15, -0.1) is 0 Å². The Balaban J connectivity index is 1.69. The van der Waals surface area contributed by atoms with Crippen molar-refractivity contribution in [3.63, 3.8) is 0 Å². The number of pyridine rings is 2. The van der Waals surface area contributed by atoms with Crippen molar-refractivity contribution in [2.45, 2.75) is 63.1 Å². The maximum Gasteiger partial charge on any atom is 0.418 e. The zero-order chi connectivity index (χ0) is 25.2. The van der Waals surface area contributed by atoms with Crippen LogP contribution >= 0.6 is 0 Å². The summed E-state index contributed by atoms with van der Waals surface area (Å²) in [5.41, 5.74) is 0.324. The molecule has 0 saturated heterocycles. The Bertz CT molecular complexity index is 1300. The predicted molar refractivity (Wildman–Crippen MR) is 129 cm³/mol. The van der Waals surface area contributed by atoms with Gasteiger partial charge in [0.05, 0.1) is 11.3 Å². The van der Waals surface area contributed by atoms with Crippen molar-refractivity contribution in [2.75, 3.05) is 4.72 Å². The fourth-order valence-corrected chi connectivity index (χ4v) is 5.52. The maximum atomic E-state index is 13.8. The quantitative estimate of drug-likeness (QED) is 0.401. The van der Waals surface area contributed by atoms with Gasteiger partial charge < -0.3 is 0 Å². The Morgan fingerprint density at radius 2 is 1.66 bits per heavy atom. The van der Waals surface area contributed by atoms with E-state index < -0.39 is 32.5 Å². The van der Waals surface area contributed by atoms with E-state index in [0.717, 1.165) is 43.5 Å². The molecule has 1 saturated carbocycles. The first-order valence-corrected chi connectivity index (χ1v) is 13.2. The molecule has 2 heterocycles. The fourth-order valence-electron chi connectivity index (χ4n) is 4.57. The van der Waals surface area contributed by atoms with Crippen LogP contribution in [0.15, 0.2) is 59.6 Å². The lowest BCUT2D eigenvalue weighted by molar-refractivity contribution is -0.137. The Kier molecular flexibility index (Phi) is 7.17. The number of hydrogen-bond donors (Lipinski definition) is 1. The topological polar surface area (TPSA) is 72.0 Å². The third-order valence-corrected chi connectivity index (χ3v) is 7.80. The van der Waals surface area contributed by atoms with Crippen LogP contribution < -0.4 is 4.72 Å². The minimum atomic E-state index is -4.69. The molecule has 4 rings (SSSR count). The van der Waals surface area contributed by atoms with E-state index in [2.05, 4.69) is 21.6 Å². The summed E-state index contributed by atoms with van der Waals surface area (Å²) in [6.07, 6.45) is -0.0387. The fraction of sp³-hybridized carbons (Fsp3) is 0.385. The number of alkyl halides is 3. The highest BCUT2D eigenvalue weighted by Gasteiger charge is 2.36. The molecular weight excluding hydrogens is 475 g/mol. The molecule has 1 aromatic carbocycles. The summed E-state index contributed by atoms with van der Waals surface area (Å²) in [7, 11) is -4.27. The number of rotatable bonds is 6. The summed E-state index contributed by atoms with van der Waals surface area (Å²) in [4.78, 5) is 8.51. The third-order valence-electron chi connectivity index (χ3n) is 6.55. The van der Waals surface area contributed by atoms with Crippen molar-refractivity contribution in [2.24, 2.45) is 5.92 Å². The van der Waals surface area contributed by atoms with Crippen molar-refractivity contribution in [3.05, 3.63) is 71.4 Å². The van der Waals surface area contributed by atoms with E-state index in [9.17, 15) is 21.6 Å². The molecule has 1 fully saturated rings. The maximum absolute atomic E-state index is 13.8. The molecule has 0 radical (unpaired) electrons. The number of nitrogens with zero attached hydrogens (tertiary/aromatic N) is 2. The largest absolute Gasteiger partial charge is 0.418 e. The van der Waals surface area contributed by atoms with E-state index in [0.29, 0.717) is 17.9 Å². The molecule has 186 valence electrons. The third kappa shape index (κ3) is 5.66. The van der Waals surface area contributed by atoms with Crippen LogP contribution in [0.1, 0.15) is 62.3 Å². The predicted octanol–water partition coefficient (Wildman–Crippen LogP) is 6.82. The Labute approximate surface area is 203 Å². The number of aryl methyl sites for hydroxylation is 1. The van der Waals surface area contributed by atoms with Crippen LogP contribution in [-0.2, 0) is 22.6 Å². The molecule has 0 amide bonds. The van der Waals surface area contributed by atoms with Gasteiger partial charge in [0.25, 0.3) is 10.0 Å². The molecule has 0 atom stereocenters. The van der Waals surface area contributed by atoms with E-state index in [1.54, 1.807) is 24.3 Å². The van der Waals surface area contributed by atoms with Gasteiger partial charge in [-0.3, -0.25) is 4.72 Å². The van der Waals surface area contributed by atoms with Gasteiger partial charge >= 0.3 is 6.18 Å². The number of benzene rings is 1. The number of aromatic nitrogens is 2. The van der Waals surface area contributed by atoms with Crippen LogP contribution in [0.2, 0.25) is 0 Å².